The van der Waals surface area contributed by atoms with E-state index in [1.807, 2.05) is 67.6 Å². The first kappa shape index (κ1) is 25.1. The highest BCUT2D eigenvalue weighted by molar-refractivity contribution is 5.76. The van der Waals surface area contributed by atoms with Crippen LogP contribution in [0.5, 0.6) is 0 Å². The molecule has 2 N–H and O–H groups in total. The lowest BCUT2D eigenvalue weighted by molar-refractivity contribution is -0.130. The zero-order valence-corrected chi connectivity index (χ0v) is 18.8. The summed E-state index contributed by atoms with van der Waals surface area (Å²) in [6.07, 6.45) is 3.27. The molecule has 0 spiro atoms. The molecule has 0 aliphatic rings. The molecular formula is C26H37NO4. The molecule has 2 rings (SSSR count). The summed E-state index contributed by atoms with van der Waals surface area (Å²) in [5.74, 6) is -0.0767. The molecule has 0 radical (unpaired) electrons. The van der Waals surface area contributed by atoms with Gasteiger partial charge in [-0.05, 0) is 24.0 Å². The molecule has 0 heterocycles. The maximum Gasteiger partial charge on any atom is 0.220 e. The minimum absolute atomic E-state index is 0.0767. The predicted octanol–water partition coefficient (Wildman–Crippen LogP) is 4.62. The molecule has 1 unspecified atom stereocenters. The maximum atomic E-state index is 12.3. The van der Waals surface area contributed by atoms with Crippen LogP contribution >= 0.6 is 0 Å². The molecule has 0 aromatic heterocycles. The van der Waals surface area contributed by atoms with E-state index >= 15 is 0 Å². The Bertz CT molecular complexity index is 723. The van der Waals surface area contributed by atoms with Gasteiger partial charge in [0.1, 0.15) is 6.10 Å². The Kier molecular flexibility index (Phi) is 11.9. The van der Waals surface area contributed by atoms with Gasteiger partial charge >= 0.3 is 0 Å². The lowest BCUT2D eigenvalue weighted by Gasteiger charge is -2.33. The van der Waals surface area contributed by atoms with Crippen molar-refractivity contribution in [1.29, 1.82) is 0 Å². The molecule has 170 valence electrons. The van der Waals surface area contributed by atoms with E-state index in [4.69, 9.17) is 9.47 Å². The van der Waals surface area contributed by atoms with Crippen molar-refractivity contribution in [2.24, 2.45) is 0 Å². The standard InChI is InChI=1S/C26H37NO4/c1-3-5-17-24(30-19-21-13-8-6-9-14-21)26(23(18-28)27-25(29)12-4-2)31-20-22-15-10-7-11-16-22/h6-11,13-16,23-24,26,28H,3-5,12,17-20H2,1-2H3,(H,27,29)/t23?,24-,26+/m1/s1. The Hall–Kier alpha value is -2.21. The minimum Gasteiger partial charge on any atom is -0.394 e. The molecule has 0 saturated heterocycles. The molecule has 0 fully saturated rings. The van der Waals surface area contributed by atoms with Gasteiger partial charge in [-0.15, -0.1) is 0 Å². The van der Waals surface area contributed by atoms with Crippen LogP contribution in [0.1, 0.15) is 57.1 Å². The number of carbonyl (C=O) groups excluding carboxylic acids is 1. The van der Waals surface area contributed by atoms with Crippen LogP contribution in [0.15, 0.2) is 60.7 Å². The Morgan fingerprint density at radius 2 is 1.48 bits per heavy atom. The predicted molar refractivity (Wildman–Crippen MR) is 123 cm³/mol. The van der Waals surface area contributed by atoms with Gasteiger partial charge in [-0.3, -0.25) is 4.79 Å². The molecule has 3 atom stereocenters. The SMILES string of the molecule is CCCC[C@@H](OCc1ccccc1)[C@@H](OCc1ccccc1)C(CO)NC(=O)CCC. The molecule has 0 saturated carbocycles. The number of carbonyl (C=O) groups is 1. The van der Waals surface area contributed by atoms with E-state index in [0.717, 1.165) is 36.8 Å². The Labute approximate surface area is 186 Å². The van der Waals surface area contributed by atoms with Crippen molar-refractivity contribution in [3.63, 3.8) is 0 Å². The summed E-state index contributed by atoms with van der Waals surface area (Å²) in [5.41, 5.74) is 2.13. The van der Waals surface area contributed by atoms with Crippen molar-refractivity contribution in [2.75, 3.05) is 6.61 Å². The second-order valence-electron chi connectivity index (χ2n) is 7.85. The number of ether oxygens (including phenoxy) is 2. The summed E-state index contributed by atoms with van der Waals surface area (Å²) in [7, 11) is 0. The van der Waals surface area contributed by atoms with Gasteiger partial charge in [0.25, 0.3) is 0 Å². The van der Waals surface area contributed by atoms with Crippen LogP contribution in [-0.2, 0) is 27.5 Å². The minimum atomic E-state index is -0.527. The van der Waals surface area contributed by atoms with E-state index in [9.17, 15) is 9.90 Å². The zero-order chi connectivity index (χ0) is 22.3. The van der Waals surface area contributed by atoms with Gasteiger partial charge in [-0.25, -0.2) is 0 Å². The fourth-order valence-corrected chi connectivity index (χ4v) is 3.51. The topological polar surface area (TPSA) is 67.8 Å². The molecule has 0 aliphatic carbocycles. The van der Waals surface area contributed by atoms with Crippen molar-refractivity contribution in [1.82, 2.24) is 5.32 Å². The maximum absolute atomic E-state index is 12.3. The highest BCUT2D eigenvalue weighted by atomic mass is 16.5. The molecule has 2 aromatic carbocycles. The molecule has 1 amide bonds. The van der Waals surface area contributed by atoms with Crippen LogP contribution in [0.4, 0.5) is 0 Å². The summed E-state index contributed by atoms with van der Waals surface area (Å²) < 4.78 is 12.6. The number of unbranched alkanes of at least 4 members (excludes halogenated alkanes) is 1. The summed E-state index contributed by atoms with van der Waals surface area (Å²) in [4.78, 5) is 12.3. The van der Waals surface area contributed by atoms with E-state index in [1.54, 1.807) is 0 Å². The van der Waals surface area contributed by atoms with Crippen LogP contribution in [-0.4, -0.2) is 35.9 Å². The highest BCUT2D eigenvalue weighted by Crippen LogP contribution is 2.20. The lowest BCUT2D eigenvalue weighted by atomic mass is 10.00. The molecular weight excluding hydrogens is 390 g/mol. The number of hydrogen-bond acceptors (Lipinski definition) is 4. The average molecular weight is 428 g/mol. The van der Waals surface area contributed by atoms with Crippen LogP contribution in [0, 0.1) is 0 Å². The lowest BCUT2D eigenvalue weighted by Crippen LogP contribution is -2.52. The smallest absolute Gasteiger partial charge is 0.220 e. The number of hydrogen-bond donors (Lipinski definition) is 2. The fraction of sp³-hybridized carbons (Fsp3) is 0.500. The van der Waals surface area contributed by atoms with Gasteiger partial charge in [0.15, 0.2) is 0 Å². The highest BCUT2D eigenvalue weighted by Gasteiger charge is 2.32. The first-order valence-electron chi connectivity index (χ1n) is 11.4. The summed E-state index contributed by atoms with van der Waals surface area (Å²) in [6.45, 7) is 4.75. The average Bonchev–Trinajstić information content (AvgIpc) is 2.80. The number of benzene rings is 2. The van der Waals surface area contributed by atoms with Crippen molar-refractivity contribution in [3.8, 4) is 0 Å². The van der Waals surface area contributed by atoms with Crippen molar-refractivity contribution >= 4 is 5.91 Å². The first-order valence-corrected chi connectivity index (χ1v) is 11.4. The number of nitrogens with one attached hydrogen (secondary N) is 1. The number of rotatable bonds is 15. The normalized spacial score (nSPS) is 14.0. The van der Waals surface area contributed by atoms with Crippen molar-refractivity contribution < 1.29 is 19.4 Å². The van der Waals surface area contributed by atoms with E-state index in [-0.39, 0.29) is 18.6 Å². The zero-order valence-electron chi connectivity index (χ0n) is 18.8. The number of amides is 1. The fourth-order valence-electron chi connectivity index (χ4n) is 3.51. The molecule has 5 nitrogen and oxygen atoms in total. The number of aliphatic hydroxyl groups excluding tert-OH is 1. The van der Waals surface area contributed by atoms with Crippen LogP contribution in [0.25, 0.3) is 0 Å². The Balaban J connectivity index is 2.18. The number of aliphatic hydroxyl groups is 1. The van der Waals surface area contributed by atoms with Crippen molar-refractivity contribution in [2.45, 2.75) is 77.4 Å². The van der Waals surface area contributed by atoms with Crippen LogP contribution in [0.2, 0.25) is 0 Å². The summed E-state index contributed by atoms with van der Waals surface area (Å²) in [6, 6.07) is 19.4. The van der Waals surface area contributed by atoms with Gasteiger partial charge in [-0.2, -0.15) is 0 Å². The van der Waals surface area contributed by atoms with Crippen LogP contribution in [0.3, 0.4) is 0 Å². The molecule has 31 heavy (non-hydrogen) atoms. The molecule has 0 bridgehead atoms. The monoisotopic (exact) mass is 427 g/mol. The molecule has 2 aromatic rings. The summed E-state index contributed by atoms with van der Waals surface area (Å²) >= 11 is 0. The van der Waals surface area contributed by atoms with E-state index in [2.05, 4.69) is 12.2 Å². The second-order valence-corrected chi connectivity index (χ2v) is 7.85. The van der Waals surface area contributed by atoms with Gasteiger partial charge in [0, 0.05) is 6.42 Å². The van der Waals surface area contributed by atoms with Gasteiger partial charge in [-0.1, -0.05) is 87.4 Å². The Morgan fingerprint density at radius 3 is 2.00 bits per heavy atom. The van der Waals surface area contributed by atoms with Gasteiger partial charge < -0.3 is 19.9 Å². The van der Waals surface area contributed by atoms with E-state index < -0.39 is 12.1 Å². The largest absolute Gasteiger partial charge is 0.394 e. The third kappa shape index (κ3) is 9.21. The van der Waals surface area contributed by atoms with Crippen LogP contribution < -0.4 is 5.32 Å². The van der Waals surface area contributed by atoms with E-state index in [1.165, 1.54) is 0 Å². The van der Waals surface area contributed by atoms with Crippen molar-refractivity contribution in [3.05, 3.63) is 71.8 Å². The molecule has 5 heteroatoms. The third-order valence-electron chi connectivity index (χ3n) is 5.22. The Morgan fingerprint density at radius 1 is 0.903 bits per heavy atom. The quantitative estimate of drug-likeness (QED) is 0.435. The first-order chi connectivity index (χ1) is 15.2. The van der Waals surface area contributed by atoms with Gasteiger partial charge in [0.2, 0.25) is 5.91 Å². The second kappa shape index (κ2) is 14.7. The summed E-state index contributed by atoms with van der Waals surface area (Å²) in [5, 5.41) is 13.1. The van der Waals surface area contributed by atoms with Gasteiger partial charge in [0.05, 0.1) is 32.0 Å². The molecule has 0 aliphatic heterocycles. The third-order valence-corrected chi connectivity index (χ3v) is 5.22. The van der Waals surface area contributed by atoms with E-state index in [0.29, 0.717) is 19.6 Å².